The van der Waals surface area contributed by atoms with Crippen LogP contribution in [0.25, 0.3) is 0 Å². The van der Waals surface area contributed by atoms with Crippen LogP contribution >= 0.6 is 0 Å². The van der Waals surface area contributed by atoms with E-state index in [9.17, 15) is 8.42 Å². The van der Waals surface area contributed by atoms with Gasteiger partial charge in [-0.15, -0.1) is 0 Å². The van der Waals surface area contributed by atoms with E-state index in [0.29, 0.717) is 0 Å². The van der Waals surface area contributed by atoms with Crippen molar-refractivity contribution in [1.29, 1.82) is 0 Å². The summed E-state index contributed by atoms with van der Waals surface area (Å²) in [6.07, 6.45) is 4.18. The zero-order chi connectivity index (χ0) is 11.6. The van der Waals surface area contributed by atoms with Crippen molar-refractivity contribution in [1.82, 2.24) is 5.32 Å². The molecule has 0 saturated heterocycles. The van der Waals surface area contributed by atoms with E-state index in [2.05, 4.69) is 5.32 Å². The number of nitrogens with one attached hydrogen (secondary N) is 1. The second kappa shape index (κ2) is 4.43. The Morgan fingerprint density at radius 3 is 2.94 bits per heavy atom. The Morgan fingerprint density at radius 2 is 2.44 bits per heavy atom. The standard InChI is InChI=1S/C11H15NO3S/c1-2-10(11-4-3-6-15-11)12-9-5-7-16(13,14)8-9/h3-7,9-10,12H,2,8H2,1H3. The molecule has 2 atom stereocenters. The summed E-state index contributed by atoms with van der Waals surface area (Å²) in [5.41, 5.74) is 0. The Labute approximate surface area is 95.3 Å². The summed E-state index contributed by atoms with van der Waals surface area (Å²) in [4.78, 5) is 0. The van der Waals surface area contributed by atoms with Crippen LogP contribution < -0.4 is 5.32 Å². The van der Waals surface area contributed by atoms with Crippen LogP contribution in [0.5, 0.6) is 0 Å². The van der Waals surface area contributed by atoms with Gasteiger partial charge in [0.05, 0.1) is 18.1 Å². The van der Waals surface area contributed by atoms with Gasteiger partial charge in [-0.2, -0.15) is 0 Å². The fraction of sp³-hybridized carbons (Fsp3) is 0.455. The van der Waals surface area contributed by atoms with Gasteiger partial charge in [0.1, 0.15) is 5.76 Å². The molecular formula is C11H15NO3S. The molecule has 0 aromatic carbocycles. The smallest absolute Gasteiger partial charge is 0.173 e. The molecule has 1 aliphatic rings. The van der Waals surface area contributed by atoms with Crippen molar-refractivity contribution in [3.8, 4) is 0 Å². The first kappa shape index (κ1) is 11.4. The zero-order valence-electron chi connectivity index (χ0n) is 9.09. The molecule has 0 spiro atoms. The molecule has 4 nitrogen and oxygen atoms in total. The molecule has 1 aromatic rings. The summed E-state index contributed by atoms with van der Waals surface area (Å²) in [5, 5.41) is 4.54. The summed E-state index contributed by atoms with van der Waals surface area (Å²) in [5.74, 6) is 0.990. The molecule has 1 aliphatic heterocycles. The Morgan fingerprint density at radius 1 is 1.62 bits per heavy atom. The van der Waals surface area contributed by atoms with Crippen LogP contribution in [0, 0.1) is 0 Å². The van der Waals surface area contributed by atoms with Crippen molar-refractivity contribution < 1.29 is 12.8 Å². The normalized spacial score (nSPS) is 24.7. The van der Waals surface area contributed by atoms with Crippen LogP contribution in [-0.4, -0.2) is 20.2 Å². The van der Waals surface area contributed by atoms with Crippen LogP contribution in [0.15, 0.2) is 34.3 Å². The molecule has 0 radical (unpaired) electrons. The van der Waals surface area contributed by atoms with Crippen molar-refractivity contribution >= 4 is 9.84 Å². The van der Waals surface area contributed by atoms with Gasteiger partial charge in [-0.05, 0) is 18.6 Å². The van der Waals surface area contributed by atoms with Crippen LogP contribution in [0.4, 0.5) is 0 Å². The van der Waals surface area contributed by atoms with Gasteiger partial charge >= 0.3 is 0 Å². The van der Waals surface area contributed by atoms with E-state index in [0.717, 1.165) is 12.2 Å². The molecule has 88 valence electrons. The molecule has 1 aromatic heterocycles. The first-order valence-electron chi connectivity index (χ1n) is 5.31. The van der Waals surface area contributed by atoms with Gasteiger partial charge in [-0.3, -0.25) is 5.32 Å². The van der Waals surface area contributed by atoms with E-state index < -0.39 is 9.84 Å². The molecule has 1 N–H and O–H groups in total. The molecule has 0 saturated carbocycles. The number of hydrogen-bond acceptors (Lipinski definition) is 4. The van der Waals surface area contributed by atoms with Crippen molar-refractivity contribution in [2.75, 3.05) is 5.75 Å². The van der Waals surface area contributed by atoms with E-state index in [1.165, 1.54) is 5.41 Å². The summed E-state index contributed by atoms with van der Waals surface area (Å²) in [7, 11) is -2.99. The minimum Gasteiger partial charge on any atom is -0.468 e. The summed E-state index contributed by atoms with van der Waals surface area (Å²) >= 11 is 0. The van der Waals surface area contributed by atoms with Gasteiger partial charge in [0, 0.05) is 11.4 Å². The van der Waals surface area contributed by atoms with Crippen LogP contribution in [0.2, 0.25) is 0 Å². The number of rotatable bonds is 4. The second-order valence-electron chi connectivity index (χ2n) is 3.91. The second-order valence-corrected chi connectivity index (χ2v) is 5.84. The SMILES string of the molecule is CCC(NC1C=CS(=O)(=O)C1)c1ccco1. The predicted molar refractivity (Wildman–Crippen MR) is 61.6 cm³/mol. The minimum atomic E-state index is -2.99. The van der Waals surface area contributed by atoms with Gasteiger partial charge in [0.25, 0.3) is 0 Å². The van der Waals surface area contributed by atoms with Gasteiger partial charge in [-0.1, -0.05) is 13.0 Å². The van der Waals surface area contributed by atoms with E-state index in [4.69, 9.17) is 4.42 Å². The average molecular weight is 241 g/mol. The lowest BCUT2D eigenvalue weighted by molar-refractivity contribution is 0.393. The molecule has 2 unspecified atom stereocenters. The Hall–Kier alpha value is -1.07. The van der Waals surface area contributed by atoms with E-state index in [-0.39, 0.29) is 17.8 Å². The average Bonchev–Trinajstić information content (AvgIpc) is 2.84. The van der Waals surface area contributed by atoms with Crippen LogP contribution in [0.3, 0.4) is 0 Å². The molecule has 0 fully saturated rings. The third kappa shape index (κ3) is 2.54. The van der Waals surface area contributed by atoms with Crippen LogP contribution in [0.1, 0.15) is 25.1 Å². The highest BCUT2D eigenvalue weighted by molar-refractivity contribution is 7.94. The lowest BCUT2D eigenvalue weighted by atomic mass is 10.1. The number of hydrogen-bond donors (Lipinski definition) is 1. The fourth-order valence-corrected chi connectivity index (χ4v) is 3.08. The van der Waals surface area contributed by atoms with Crippen molar-refractivity contribution in [3.05, 3.63) is 35.6 Å². The Bertz CT molecular complexity index is 461. The third-order valence-electron chi connectivity index (χ3n) is 2.64. The molecule has 16 heavy (non-hydrogen) atoms. The monoisotopic (exact) mass is 241 g/mol. The molecule has 2 rings (SSSR count). The van der Waals surface area contributed by atoms with Gasteiger partial charge in [-0.25, -0.2) is 8.42 Å². The predicted octanol–water partition coefficient (Wildman–Crippen LogP) is 1.63. The third-order valence-corrected chi connectivity index (χ3v) is 4.04. The first-order chi connectivity index (χ1) is 7.61. The fourth-order valence-electron chi connectivity index (χ4n) is 1.83. The van der Waals surface area contributed by atoms with E-state index >= 15 is 0 Å². The number of sulfone groups is 1. The van der Waals surface area contributed by atoms with Crippen LogP contribution in [-0.2, 0) is 9.84 Å². The molecule has 2 heterocycles. The Kier molecular flexibility index (Phi) is 3.16. The lowest BCUT2D eigenvalue weighted by Crippen LogP contribution is -2.33. The molecular weight excluding hydrogens is 226 g/mol. The number of furan rings is 1. The summed E-state index contributed by atoms with van der Waals surface area (Å²) < 4.78 is 27.8. The highest BCUT2D eigenvalue weighted by atomic mass is 32.2. The molecule has 5 heteroatoms. The largest absolute Gasteiger partial charge is 0.468 e. The summed E-state index contributed by atoms with van der Waals surface area (Å²) in [6, 6.07) is 3.69. The summed E-state index contributed by atoms with van der Waals surface area (Å²) in [6.45, 7) is 2.04. The highest BCUT2D eigenvalue weighted by Gasteiger charge is 2.24. The zero-order valence-corrected chi connectivity index (χ0v) is 9.91. The Balaban J connectivity index is 2.02. The van der Waals surface area contributed by atoms with Gasteiger partial charge in [0.2, 0.25) is 0 Å². The highest BCUT2D eigenvalue weighted by Crippen LogP contribution is 2.19. The lowest BCUT2D eigenvalue weighted by Gasteiger charge is -2.18. The molecule has 0 aliphatic carbocycles. The quantitative estimate of drug-likeness (QED) is 0.870. The maximum absolute atomic E-state index is 11.2. The minimum absolute atomic E-state index is 0.0675. The van der Waals surface area contributed by atoms with Gasteiger partial charge in [0.15, 0.2) is 9.84 Å². The first-order valence-corrected chi connectivity index (χ1v) is 7.02. The molecule has 0 amide bonds. The van der Waals surface area contributed by atoms with E-state index in [1.807, 2.05) is 19.1 Å². The van der Waals surface area contributed by atoms with Crippen molar-refractivity contribution in [2.45, 2.75) is 25.4 Å². The maximum atomic E-state index is 11.2. The maximum Gasteiger partial charge on any atom is 0.173 e. The van der Waals surface area contributed by atoms with Crippen molar-refractivity contribution in [3.63, 3.8) is 0 Å². The van der Waals surface area contributed by atoms with Gasteiger partial charge < -0.3 is 4.42 Å². The van der Waals surface area contributed by atoms with E-state index in [1.54, 1.807) is 12.3 Å². The molecule has 0 bridgehead atoms. The van der Waals surface area contributed by atoms with Crippen molar-refractivity contribution in [2.24, 2.45) is 0 Å². The topological polar surface area (TPSA) is 59.3 Å².